The summed E-state index contributed by atoms with van der Waals surface area (Å²) in [7, 11) is -8.40. The van der Waals surface area contributed by atoms with Gasteiger partial charge in [-0.25, -0.2) is 15.3 Å². The van der Waals surface area contributed by atoms with Crippen molar-refractivity contribution < 1.29 is 16.8 Å². The van der Waals surface area contributed by atoms with Crippen LogP contribution in [0.2, 0.25) is 0 Å². The number of aromatic nitrogens is 1. The maximum Gasteiger partial charge on any atom is 0.318 e. The summed E-state index contributed by atoms with van der Waals surface area (Å²) in [5, 5.41) is 11.7. The van der Waals surface area contributed by atoms with Gasteiger partial charge in [0.05, 0.1) is 5.69 Å². The van der Waals surface area contributed by atoms with E-state index >= 15 is 0 Å². The van der Waals surface area contributed by atoms with Gasteiger partial charge in [0.1, 0.15) is 5.84 Å². The average Bonchev–Trinajstić information content (AvgIpc) is 2.77. The monoisotopic (exact) mass is 416 g/mol. The lowest BCUT2D eigenvalue weighted by Crippen LogP contribution is -2.37. The molecule has 1 aromatic rings. The average molecular weight is 417 g/mol. The first-order valence-corrected chi connectivity index (χ1v) is 11.1. The fourth-order valence-corrected chi connectivity index (χ4v) is 3.93. The number of guanidine groups is 1. The molecule has 1 heterocycles. The standard InChI is InChI=1S/C8H16N8O4S4/c9-7(10)14-8-13-5(4-22-8)3-21-2-1-6(15-23(11,17)18)16-24(12,19)20/h4H,1-3H2,(H,15,16)(H2,11,17,18)(H2,12,19,20)(H4,9,10,13,14). The van der Waals surface area contributed by atoms with E-state index < -0.39 is 20.4 Å². The minimum absolute atomic E-state index is 0.0115. The molecule has 0 amide bonds. The van der Waals surface area contributed by atoms with Crippen LogP contribution in [0.4, 0.5) is 5.13 Å². The Kier molecular flexibility index (Phi) is 7.36. The van der Waals surface area contributed by atoms with Gasteiger partial charge in [0.2, 0.25) is 5.13 Å². The number of thiazole rings is 1. The molecule has 9 N–H and O–H groups in total. The summed E-state index contributed by atoms with van der Waals surface area (Å²) in [4.78, 5) is 7.96. The summed E-state index contributed by atoms with van der Waals surface area (Å²) in [6.45, 7) is 0. The van der Waals surface area contributed by atoms with E-state index in [9.17, 15) is 16.8 Å². The molecule has 0 aromatic carbocycles. The fraction of sp³-hybridized carbons (Fsp3) is 0.375. The molecular formula is C8H16N8O4S4. The molecule has 0 aliphatic heterocycles. The van der Waals surface area contributed by atoms with Crippen molar-refractivity contribution in [2.75, 3.05) is 5.75 Å². The molecule has 0 bridgehead atoms. The van der Waals surface area contributed by atoms with Crippen LogP contribution in [-0.4, -0.2) is 39.4 Å². The summed E-state index contributed by atoms with van der Waals surface area (Å²) >= 11 is 2.62. The number of thioether (sulfide) groups is 1. The highest BCUT2D eigenvalue weighted by Gasteiger charge is 2.11. The van der Waals surface area contributed by atoms with Gasteiger partial charge in [-0.1, -0.05) is 0 Å². The Balaban J connectivity index is 2.58. The number of aliphatic imine (C=N–C) groups is 1. The first kappa shape index (κ1) is 20.6. The lowest BCUT2D eigenvalue weighted by atomic mass is 10.5. The summed E-state index contributed by atoms with van der Waals surface area (Å²) in [5.74, 6) is 0.356. The van der Waals surface area contributed by atoms with Crippen LogP contribution in [0.5, 0.6) is 0 Å². The predicted octanol–water partition coefficient (Wildman–Crippen LogP) is -1.93. The van der Waals surface area contributed by atoms with E-state index in [0.29, 0.717) is 22.3 Å². The molecule has 0 radical (unpaired) electrons. The molecule has 0 spiro atoms. The molecule has 0 fully saturated rings. The van der Waals surface area contributed by atoms with Gasteiger partial charge in [0.25, 0.3) is 10.2 Å². The van der Waals surface area contributed by atoms with Crippen molar-refractivity contribution in [3.8, 4) is 0 Å². The zero-order valence-corrected chi connectivity index (χ0v) is 15.4. The number of nitrogens with zero attached hydrogens (tertiary/aromatic N) is 3. The second-order valence-electron chi connectivity index (χ2n) is 4.16. The lowest BCUT2D eigenvalue weighted by molar-refractivity contribution is 0.594. The van der Waals surface area contributed by atoms with Crippen molar-refractivity contribution >= 4 is 60.4 Å². The number of nitrogens with two attached hydrogens (primary N) is 4. The van der Waals surface area contributed by atoms with Gasteiger partial charge in [0, 0.05) is 23.3 Å². The van der Waals surface area contributed by atoms with Gasteiger partial charge in [-0.15, -0.1) is 15.7 Å². The summed E-state index contributed by atoms with van der Waals surface area (Å²) in [5.41, 5.74) is 11.2. The van der Waals surface area contributed by atoms with Gasteiger partial charge >= 0.3 is 10.2 Å². The third kappa shape index (κ3) is 9.63. The number of rotatable bonds is 8. The smallest absolute Gasteiger partial charge is 0.318 e. The van der Waals surface area contributed by atoms with Gasteiger partial charge < -0.3 is 11.5 Å². The van der Waals surface area contributed by atoms with Crippen molar-refractivity contribution in [3.05, 3.63) is 11.1 Å². The lowest BCUT2D eigenvalue weighted by Gasteiger charge is -2.06. The van der Waals surface area contributed by atoms with Crippen LogP contribution in [0, 0.1) is 0 Å². The Bertz CT molecular complexity index is 824. The molecular weight excluding hydrogens is 400 g/mol. The molecule has 0 aliphatic rings. The van der Waals surface area contributed by atoms with E-state index in [-0.39, 0.29) is 18.2 Å². The molecule has 0 aliphatic carbocycles. The Morgan fingerprint density at radius 1 is 1.29 bits per heavy atom. The maximum atomic E-state index is 11.0. The first-order valence-electron chi connectivity index (χ1n) is 5.98. The highest BCUT2D eigenvalue weighted by molar-refractivity contribution is 7.98. The molecule has 0 atom stereocenters. The summed E-state index contributed by atoms with van der Waals surface area (Å²) in [6.07, 6.45) is -0.0115. The fourth-order valence-electron chi connectivity index (χ4n) is 1.30. The van der Waals surface area contributed by atoms with Crippen LogP contribution in [0.3, 0.4) is 0 Å². The maximum absolute atomic E-state index is 11.0. The Labute approximate surface area is 147 Å². The molecule has 24 heavy (non-hydrogen) atoms. The van der Waals surface area contributed by atoms with E-state index in [1.165, 1.54) is 23.1 Å². The minimum atomic E-state index is -4.25. The van der Waals surface area contributed by atoms with E-state index in [1.807, 2.05) is 0 Å². The zero-order valence-electron chi connectivity index (χ0n) is 12.1. The molecule has 1 aromatic heterocycles. The molecule has 16 heteroatoms. The minimum Gasteiger partial charge on any atom is -0.370 e. The quantitative estimate of drug-likeness (QED) is 0.182. The molecule has 0 unspecified atom stereocenters. The highest BCUT2D eigenvalue weighted by Crippen LogP contribution is 2.22. The van der Waals surface area contributed by atoms with E-state index in [2.05, 4.69) is 14.4 Å². The van der Waals surface area contributed by atoms with Crippen LogP contribution in [-0.2, 0) is 26.2 Å². The largest absolute Gasteiger partial charge is 0.370 e. The summed E-state index contributed by atoms with van der Waals surface area (Å²) in [6, 6.07) is 0. The van der Waals surface area contributed by atoms with Crippen molar-refractivity contribution in [1.29, 1.82) is 0 Å². The number of amidine groups is 1. The van der Waals surface area contributed by atoms with Crippen molar-refractivity contribution in [2.24, 2.45) is 31.1 Å². The number of hydrogen-bond donors (Lipinski definition) is 5. The second-order valence-corrected chi connectivity index (χ2v) is 8.61. The third-order valence-corrected chi connectivity index (χ3v) is 4.77. The van der Waals surface area contributed by atoms with Gasteiger partial charge in [-0.2, -0.15) is 33.6 Å². The topological polar surface area (TPSA) is 222 Å². The van der Waals surface area contributed by atoms with E-state index in [4.69, 9.17) is 21.7 Å². The van der Waals surface area contributed by atoms with Crippen molar-refractivity contribution in [3.63, 3.8) is 0 Å². The van der Waals surface area contributed by atoms with Gasteiger partial charge in [0.15, 0.2) is 5.96 Å². The van der Waals surface area contributed by atoms with Crippen molar-refractivity contribution in [2.45, 2.75) is 12.2 Å². The van der Waals surface area contributed by atoms with E-state index in [1.54, 1.807) is 10.1 Å². The van der Waals surface area contributed by atoms with Crippen molar-refractivity contribution in [1.82, 2.24) is 9.71 Å². The van der Waals surface area contributed by atoms with Crippen LogP contribution < -0.4 is 26.5 Å². The Hall–Kier alpha value is -1.46. The predicted molar refractivity (Wildman–Crippen MR) is 95.1 cm³/mol. The molecule has 136 valence electrons. The number of hydrogen-bond acceptors (Lipinski definition) is 8. The number of nitrogens with one attached hydrogen (secondary N) is 1. The normalized spacial score (nSPS) is 12.8. The Morgan fingerprint density at radius 2 is 1.96 bits per heavy atom. The van der Waals surface area contributed by atoms with Crippen LogP contribution in [0.25, 0.3) is 0 Å². The Morgan fingerprint density at radius 3 is 2.50 bits per heavy atom. The molecule has 12 nitrogen and oxygen atoms in total. The summed E-state index contributed by atoms with van der Waals surface area (Å²) < 4.78 is 48.7. The third-order valence-electron chi connectivity index (χ3n) is 2.00. The molecule has 0 saturated heterocycles. The molecule has 1 rings (SSSR count). The highest BCUT2D eigenvalue weighted by atomic mass is 32.2. The molecule has 0 saturated carbocycles. The van der Waals surface area contributed by atoms with E-state index in [0.717, 1.165) is 0 Å². The van der Waals surface area contributed by atoms with Crippen LogP contribution in [0.15, 0.2) is 14.8 Å². The SMILES string of the molecule is NC(N)=Nc1nc(CSCCC(=NS(N)(=O)=O)NS(N)(=O)=O)cs1. The van der Waals surface area contributed by atoms with Crippen LogP contribution in [0.1, 0.15) is 12.1 Å². The van der Waals surface area contributed by atoms with Crippen LogP contribution >= 0.6 is 23.1 Å². The zero-order chi connectivity index (χ0) is 18.4. The van der Waals surface area contributed by atoms with Gasteiger partial charge in [-0.3, -0.25) is 4.72 Å². The first-order chi connectivity index (χ1) is 10.9. The van der Waals surface area contributed by atoms with Gasteiger partial charge in [-0.05, 0) is 0 Å². The second kappa shape index (κ2) is 8.58.